The van der Waals surface area contributed by atoms with Gasteiger partial charge in [0.1, 0.15) is 5.82 Å². The molecule has 29 heavy (non-hydrogen) atoms. The normalized spacial score (nSPS) is 17.1. The van der Waals surface area contributed by atoms with E-state index < -0.39 is 16.0 Å². The largest absolute Gasteiger partial charge is 0.465 e. The number of rotatable bonds is 5. The Kier molecular flexibility index (Phi) is 6.58. The van der Waals surface area contributed by atoms with Crippen LogP contribution < -0.4 is 0 Å². The summed E-state index contributed by atoms with van der Waals surface area (Å²) in [6.07, 6.45) is 0. The van der Waals surface area contributed by atoms with Crippen molar-refractivity contribution in [3.63, 3.8) is 0 Å². The number of sulfonamides is 1. The van der Waals surface area contributed by atoms with E-state index in [4.69, 9.17) is 16.3 Å². The molecular formula is C20H22ClFN2O4S. The summed E-state index contributed by atoms with van der Waals surface area (Å²) in [5, 5.41) is 0.248. The van der Waals surface area contributed by atoms with Crippen molar-refractivity contribution in [3.05, 3.63) is 64.4 Å². The smallest absolute Gasteiger partial charge is 0.339 e. The molecule has 0 saturated carbocycles. The lowest BCUT2D eigenvalue weighted by molar-refractivity contribution is 0.0596. The SMILES string of the molecule is COC(=O)c1cc(Cl)ccc1S(=O)(=O)N1CCN([C@@H](C)c2cccc(F)c2)CC1. The maximum atomic E-state index is 13.5. The Bertz CT molecular complexity index is 1010. The quantitative estimate of drug-likeness (QED) is 0.667. The zero-order valence-electron chi connectivity index (χ0n) is 16.1. The molecule has 0 radical (unpaired) electrons. The first kappa shape index (κ1) is 21.7. The second-order valence-electron chi connectivity index (χ2n) is 6.80. The summed E-state index contributed by atoms with van der Waals surface area (Å²) in [4.78, 5) is 14.0. The van der Waals surface area contributed by atoms with E-state index in [9.17, 15) is 17.6 Å². The molecule has 3 rings (SSSR count). The highest BCUT2D eigenvalue weighted by atomic mass is 35.5. The maximum Gasteiger partial charge on any atom is 0.339 e. The average molecular weight is 441 g/mol. The Morgan fingerprint density at radius 1 is 1.14 bits per heavy atom. The number of benzene rings is 2. The van der Waals surface area contributed by atoms with Gasteiger partial charge in [0.2, 0.25) is 10.0 Å². The highest BCUT2D eigenvalue weighted by Crippen LogP contribution is 2.27. The highest BCUT2D eigenvalue weighted by Gasteiger charge is 2.33. The Balaban J connectivity index is 1.78. The van der Waals surface area contributed by atoms with Crippen LogP contribution in [0.25, 0.3) is 0 Å². The highest BCUT2D eigenvalue weighted by molar-refractivity contribution is 7.89. The van der Waals surface area contributed by atoms with Crippen molar-refractivity contribution >= 4 is 27.6 Å². The fourth-order valence-electron chi connectivity index (χ4n) is 3.44. The van der Waals surface area contributed by atoms with Crippen molar-refractivity contribution in [2.75, 3.05) is 33.3 Å². The summed E-state index contributed by atoms with van der Waals surface area (Å²) in [5.41, 5.74) is 0.752. The van der Waals surface area contributed by atoms with Crippen molar-refractivity contribution in [1.82, 2.24) is 9.21 Å². The van der Waals surface area contributed by atoms with Crippen LogP contribution in [0.2, 0.25) is 5.02 Å². The first-order valence-corrected chi connectivity index (χ1v) is 10.9. The van der Waals surface area contributed by atoms with Gasteiger partial charge in [-0.1, -0.05) is 23.7 Å². The Morgan fingerprint density at radius 2 is 1.83 bits per heavy atom. The molecular weight excluding hydrogens is 419 g/mol. The number of piperazine rings is 1. The summed E-state index contributed by atoms with van der Waals surface area (Å²) in [5.74, 6) is -1.06. The topological polar surface area (TPSA) is 66.9 Å². The van der Waals surface area contributed by atoms with Crippen molar-refractivity contribution < 1.29 is 22.3 Å². The van der Waals surface area contributed by atoms with Gasteiger partial charge in [-0.3, -0.25) is 4.90 Å². The van der Waals surface area contributed by atoms with Crippen molar-refractivity contribution in [2.45, 2.75) is 17.9 Å². The third-order valence-corrected chi connectivity index (χ3v) is 7.31. The number of ether oxygens (including phenoxy) is 1. The van der Waals surface area contributed by atoms with Crippen LogP contribution >= 0.6 is 11.6 Å². The van der Waals surface area contributed by atoms with Gasteiger partial charge in [-0.2, -0.15) is 4.31 Å². The van der Waals surface area contributed by atoms with Gasteiger partial charge in [0.05, 0.1) is 17.6 Å². The lowest BCUT2D eigenvalue weighted by atomic mass is 10.1. The minimum Gasteiger partial charge on any atom is -0.465 e. The monoisotopic (exact) mass is 440 g/mol. The van der Waals surface area contributed by atoms with E-state index >= 15 is 0 Å². The summed E-state index contributed by atoms with van der Waals surface area (Å²) in [6, 6.07) is 10.4. The third kappa shape index (κ3) is 4.61. The van der Waals surface area contributed by atoms with Gasteiger partial charge < -0.3 is 4.74 Å². The molecule has 0 unspecified atom stereocenters. The molecule has 1 heterocycles. The molecule has 0 N–H and O–H groups in total. The van der Waals surface area contributed by atoms with Gasteiger partial charge >= 0.3 is 5.97 Å². The molecule has 0 amide bonds. The molecule has 156 valence electrons. The molecule has 0 aliphatic carbocycles. The van der Waals surface area contributed by atoms with Crippen LogP contribution in [0, 0.1) is 5.82 Å². The standard InChI is InChI=1S/C20H22ClFN2O4S/c1-14(15-4-3-5-17(22)12-15)23-8-10-24(11-9-23)29(26,27)19-7-6-16(21)13-18(19)20(25)28-2/h3-7,12-14H,8-11H2,1-2H3/t14-/m0/s1. The summed E-state index contributed by atoms with van der Waals surface area (Å²) in [6.45, 7) is 3.44. The lowest BCUT2D eigenvalue weighted by Crippen LogP contribution is -2.49. The van der Waals surface area contributed by atoms with E-state index in [0.717, 1.165) is 5.56 Å². The zero-order valence-corrected chi connectivity index (χ0v) is 17.7. The van der Waals surface area contributed by atoms with Gasteiger partial charge in [0, 0.05) is 37.2 Å². The molecule has 9 heteroatoms. The number of esters is 1. The first-order valence-electron chi connectivity index (χ1n) is 9.11. The number of carbonyl (C=O) groups excluding carboxylic acids is 1. The minimum absolute atomic E-state index is 0.0447. The predicted molar refractivity (Wildman–Crippen MR) is 108 cm³/mol. The summed E-state index contributed by atoms with van der Waals surface area (Å²) < 4.78 is 45.8. The fraction of sp³-hybridized carbons (Fsp3) is 0.350. The van der Waals surface area contributed by atoms with Gasteiger partial charge in [-0.25, -0.2) is 17.6 Å². The van der Waals surface area contributed by atoms with E-state index in [1.807, 2.05) is 13.0 Å². The minimum atomic E-state index is -3.90. The molecule has 0 spiro atoms. The number of methoxy groups -OCH3 is 1. The number of hydrogen-bond donors (Lipinski definition) is 0. The first-order chi connectivity index (χ1) is 13.7. The Labute approximate surface area is 174 Å². The zero-order chi connectivity index (χ0) is 21.2. The Hall–Kier alpha value is -2.00. The van der Waals surface area contributed by atoms with Gasteiger partial charge in [-0.05, 0) is 42.8 Å². The number of halogens is 2. The summed E-state index contributed by atoms with van der Waals surface area (Å²) >= 11 is 5.93. The molecule has 0 bridgehead atoms. The number of hydrogen-bond acceptors (Lipinski definition) is 5. The maximum absolute atomic E-state index is 13.5. The second-order valence-corrected chi connectivity index (χ2v) is 9.15. The molecule has 1 saturated heterocycles. The fourth-order valence-corrected chi connectivity index (χ4v) is 5.20. The molecule has 0 aromatic heterocycles. The van der Waals surface area contributed by atoms with E-state index in [1.54, 1.807) is 6.07 Å². The molecule has 1 fully saturated rings. The van der Waals surface area contributed by atoms with E-state index in [0.29, 0.717) is 13.1 Å². The van der Waals surface area contributed by atoms with Crippen LogP contribution in [-0.4, -0.2) is 56.9 Å². The second kappa shape index (κ2) is 8.79. The third-order valence-electron chi connectivity index (χ3n) is 5.12. The van der Waals surface area contributed by atoms with Gasteiger partial charge in [-0.15, -0.1) is 0 Å². The van der Waals surface area contributed by atoms with Crippen LogP contribution in [0.1, 0.15) is 28.9 Å². The van der Waals surface area contributed by atoms with Crippen LogP contribution in [-0.2, 0) is 14.8 Å². The van der Waals surface area contributed by atoms with Crippen LogP contribution in [0.3, 0.4) is 0 Å². The lowest BCUT2D eigenvalue weighted by Gasteiger charge is -2.37. The van der Waals surface area contributed by atoms with Crippen molar-refractivity contribution in [1.29, 1.82) is 0 Å². The van der Waals surface area contributed by atoms with E-state index in [1.165, 1.54) is 41.7 Å². The van der Waals surface area contributed by atoms with E-state index in [-0.39, 0.29) is 40.4 Å². The molecule has 2 aromatic carbocycles. The van der Waals surface area contributed by atoms with Gasteiger partial charge in [0.15, 0.2) is 0 Å². The van der Waals surface area contributed by atoms with E-state index in [2.05, 4.69) is 4.90 Å². The number of carbonyl (C=O) groups is 1. The predicted octanol–water partition coefficient (Wildman–Crippen LogP) is 3.33. The summed E-state index contributed by atoms with van der Waals surface area (Å²) in [7, 11) is -2.71. The molecule has 6 nitrogen and oxygen atoms in total. The van der Waals surface area contributed by atoms with Crippen LogP contribution in [0.5, 0.6) is 0 Å². The molecule has 1 aliphatic rings. The van der Waals surface area contributed by atoms with Crippen LogP contribution in [0.15, 0.2) is 47.4 Å². The molecule has 1 atom stereocenters. The Morgan fingerprint density at radius 3 is 2.45 bits per heavy atom. The van der Waals surface area contributed by atoms with Crippen molar-refractivity contribution in [3.8, 4) is 0 Å². The molecule has 2 aromatic rings. The van der Waals surface area contributed by atoms with Gasteiger partial charge in [0.25, 0.3) is 0 Å². The number of nitrogens with zero attached hydrogens (tertiary/aromatic N) is 2. The van der Waals surface area contributed by atoms with Crippen molar-refractivity contribution in [2.24, 2.45) is 0 Å². The van der Waals surface area contributed by atoms with Crippen LogP contribution in [0.4, 0.5) is 4.39 Å². The molecule has 1 aliphatic heterocycles. The average Bonchev–Trinajstić information content (AvgIpc) is 2.72.